The molecule has 7 heteroatoms. The van der Waals surface area contributed by atoms with Gasteiger partial charge >= 0.3 is 0 Å². The Morgan fingerprint density at radius 2 is 1.70 bits per heavy atom. The summed E-state index contributed by atoms with van der Waals surface area (Å²) in [6.45, 7) is 1.61. The lowest BCUT2D eigenvalue weighted by molar-refractivity contribution is -0.131. The number of nitrogens with one attached hydrogen (secondary N) is 1. The molecule has 2 aromatic rings. The molecule has 2 aromatic carbocycles. The Hall–Kier alpha value is -2.48. The lowest BCUT2D eigenvalue weighted by atomic mass is 9.97. The Bertz CT molecular complexity index is 1080. The van der Waals surface area contributed by atoms with Gasteiger partial charge in [-0.2, -0.15) is 0 Å². The fourth-order valence-corrected chi connectivity index (χ4v) is 5.18. The molecule has 1 aliphatic rings. The molecular formula is C26H33NO5S. The van der Waals surface area contributed by atoms with E-state index in [-0.39, 0.29) is 13.0 Å². The second-order valence-corrected chi connectivity index (χ2v) is 11.7. The molecule has 178 valence electrons. The molecule has 0 aromatic heterocycles. The fourth-order valence-electron chi connectivity index (χ4n) is 4.32. The van der Waals surface area contributed by atoms with E-state index in [1.807, 2.05) is 24.3 Å². The van der Waals surface area contributed by atoms with Crippen LogP contribution in [0, 0.1) is 11.8 Å². The maximum absolute atomic E-state index is 12.1. The van der Waals surface area contributed by atoms with Gasteiger partial charge in [0.2, 0.25) is 0 Å². The summed E-state index contributed by atoms with van der Waals surface area (Å²) in [4.78, 5) is 12.0. The van der Waals surface area contributed by atoms with Crippen LogP contribution in [-0.2, 0) is 21.1 Å². The van der Waals surface area contributed by atoms with Crippen LogP contribution in [-0.4, -0.2) is 42.2 Å². The molecule has 6 nitrogen and oxygen atoms in total. The third kappa shape index (κ3) is 6.10. The smallest absolute Gasteiger partial charge is 0.264 e. The van der Waals surface area contributed by atoms with Crippen LogP contribution in [0.25, 0.3) is 17.2 Å². The number of amides is 1. The Morgan fingerprint density at radius 3 is 2.21 bits per heavy atom. The van der Waals surface area contributed by atoms with E-state index in [1.165, 1.54) is 12.4 Å². The molecule has 1 amide bonds. The number of hydroxylamine groups is 1. The molecule has 0 spiro atoms. The molecule has 33 heavy (non-hydrogen) atoms. The van der Waals surface area contributed by atoms with Crippen molar-refractivity contribution in [1.82, 2.24) is 5.48 Å². The van der Waals surface area contributed by atoms with Gasteiger partial charge in [0.1, 0.15) is 4.75 Å². The standard InChI is InChI=1S/C26H33NO5S/c1-26(25(29)27-30,33(2,31)32)16-15-20-9-13-24(14-10-20)23-11-7-19(8-12-23)3-4-21-5-6-22(17-21)18-28/h3-4,7-14,21-22,28,30H,5-6,15-18H2,1-2H3,(H,27,29). The number of carbonyl (C=O) groups excluding carboxylic acids is 1. The molecule has 3 unspecified atom stereocenters. The molecule has 1 fully saturated rings. The van der Waals surface area contributed by atoms with Crippen LogP contribution >= 0.6 is 0 Å². The van der Waals surface area contributed by atoms with Crippen molar-refractivity contribution in [2.24, 2.45) is 11.8 Å². The first-order chi connectivity index (χ1) is 15.7. The van der Waals surface area contributed by atoms with Gasteiger partial charge in [-0.05, 0) is 73.1 Å². The van der Waals surface area contributed by atoms with Crippen molar-refractivity contribution in [3.63, 3.8) is 0 Å². The summed E-state index contributed by atoms with van der Waals surface area (Å²) in [6.07, 6.45) is 9.16. The van der Waals surface area contributed by atoms with E-state index < -0.39 is 20.5 Å². The van der Waals surface area contributed by atoms with Gasteiger partial charge < -0.3 is 5.11 Å². The topological polar surface area (TPSA) is 104 Å². The summed E-state index contributed by atoms with van der Waals surface area (Å²) in [7, 11) is -3.70. The van der Waals surface area contributed by atoms with Gasteiger partial charge in [0, 0.05) is 12.9 Å². The Morgan fingerprint density at radius 1 is 1.09 bits per heavy atom. The minimum absolute atomic E-state index is 0.0681. The van der Waals surface area contributed by atoms with Gasteiger partial charge in [-0.15, -0.1) is 0 Å². The Labute approximate surface area is 196 Å². The van der Waals surface area contributed by atoms with Crippen molar-refractivity contribution < 1.29 is 23.5 Å². The molecule has 0 bridgehead atoms. The summed E-state index contributed by atoms with van der Waals surface area (Å²) in [5, 5.41) is 18.2. The molecular weight excluding hydrogens is 438 g/mol. The SMILES string of the molecule is CC(CCc1ccc(-c2ccc(C=CC3CCC(CO)C3)cc2)cc1)(C(=O)NO)S(C)(=O)=O. The summed E-state index contributed by atoms with van der Waals surface area (Å²) in [5.41, 5.74) is 5.67. The van der Waals surface area contributed by atoms with E-state index in [2.05, 4.69) is 36.4 Å². The highest BCUT2D eigenvalue weighted by atomic mass is 32.2. The highest BCUT2D eigenvalue weighted by Gasteiger charge is 2.43. The number of rotatable bonds is 9. The maximum atomic E-state index is 12.1. The highest BCUT2D eigenvalue weighted by Crippen LogP contribution is 2.32. The number of hydrogen-bond acceptors (Lipinski definition) is 5. The molecule has 3 rings (SSSR count). The molecule has 0 aliphatic heterocycles. The third-order valence-corrected chi connectivity index (χ3v) is 8.92. The van der Waals surface area contributed by atoms with Gasteiger partial charge in [-0.25, -0.2) is 13.9 Å². The van der Waals surface area contributed by atoms with Crippen LogP contribution in [0.2, 0.25) is 0 Å². The minimum Gasteiger partial charge on any atom is -0.396 e. The first kappa shape index (κ1) is 25.1. The van der Waals surface area contributed by atoms with Crippen molar-refractivity contribution in [3.8, 4) is 11.1 Å². The number of hydrogen-bond donors (Lipinski definition) is 3. The average molecular weight is 472 g/mol. The number of allylic oxidation sites excluding steroid dienone is 1. The molecule has 1 saturated carbocycles. The zero-order valence-corrected chi connectivity index (χ0v) is 20.0. The summed E-state index contributed by atoms with van der Waals surface area (Å²) in [6, 6.07) is 16.2. The first-order valence-electron chi connectivity index (χ1n) is 11.3. The largest absolute Gasteiger partial charge is 0.396 e. The summed E-state index contributed by atoms with van der Waals surface area (Å²) >= 11 is 0. The van der Waals surface area contributed by atoms with Crippen molar-refractivity contribution in [2.75, 3.05) is 12.9 Å². The number of aryl methyl sites for hydroxylation is 1. The quantitative estimate of drug-likeness (QED) is 0.379. The van der Waals surface area contributed by atoms with Crippen molar-refractivity contribution in [3.05, 3.63) is 65.7 Å². The predicted octanol–water partition coefficient (Wildman–Crippen LogP) is 4.02. The van der Waals surface area contributed by atoms with E-state index in [0.29, 0.717) is 18.3 Å². The van der Waals surface area contributed by atoms with Gasteiger partial charge in [-0.1, -0.05) is 60.7 Å². The van der Waals surface area contributed by atoms with Crippen LogP contribution in [0.1, 0.15) is 43.7 Å². The molecule has 0 radical (unpaired) electrons. The second-order valence-electron chi connectivity index (χ2n) is 9.24. The van der Waals surface area contributed by atoms with Crippen LogP contribution < -0.4 is 5.48 Å². The molecule has 3 N–H and O–H groups in total. The average Bonchev–Trinajstić information content (AvgIpc) is 3.29. The van der Waals surface area contributed by atoms with E-state index in [0.717, 1.165) is 47.8 Å². The van der Waals surface area contributed by atoms with Crippen LogP contribution in [0.3, 0.4) is 0 Å². The Kier molecular flexibility index (Phi) is 8.10. The van der Waals surface area contributed by atoms with E-state index in [1.54, 1.807) is 0 Å². The van der Waals surface area contributed by atoms with Gasteiger partial charge in [0.15, 0.2) is 9.84 Å². The van der Waals surface area contributed by atoms with Gasteiger partial charge in [0.05, 0.1) is 0 Å². The third-order valence-electron chi connectivity index (χ3n) is 6.89. The van der Waals surface area contributed by atoms with E-state index >= 15 is 0 Å². The number of sulfone groups is 1. The number of aliphatic hydroxyl groups excluding tert-OH is 1. The lowest BCUT2D eigenvalue weighted by Crippen LogP contribution is -2.49. The summed E-state index contributed by atoms with van der Waals surface area (Å²) < 4.78 is 22.5. The predicted molar refractivity (Wildman–Crippen MR) is 130 cm³/mol. The molecule has 0 saturated heterocycles. The van der Waals surface area contributed by atoms with E-state index in [9.17, 15) is 18.3 Å². The monoisotopic (exact) mass is 471 g/mol. The van der Waals surface area contributed by atoms with Gasteiger partial charge in [-0.3, -0.25) is 10.0 Å². The molecule has 1 aliphatic carbocycles. The Balaban J connectivity index is 1.62. The number of carbonyl (C=O) groups is 1. The molecule has 0 heterocycles. The van der Waals surface area contributed by atoms with Crippen molar-refractivity contribution in [2.45, 2.75) is 43.8 Å². The number of benzene rings is 2. The lowest BCUT2D eigenvalue weighted by Gasteiger charge is -2.25. The fraction of sp³-hybridized carbons (Fsp3) is 0.423. The molecule has 3 atom stereocenters. The minimum atomic E-state index is -3.70. The first-order valence-corrected chi connectivity index (χ1v) is 13.2. The van der Waals surface area contributed by atoms with Gasteiger partial charge in [0.25, 0.3) is 5.91 Å². The van der Waals surface area contributed by atoms with E-state index in [4.69, 9.17) is 5.21 Å². The van der Waals surface area contributed by atoms with Crippen molar-refractivity contribution >= 4 is 21.8 Å². The van der Waals surface area contributed by atoms with Crippen LogP contribution in [0.5, 0.6) is 0 Å². The zero-order valence-electron chi connectivity index (χ0n) is 19.2. The summed E-state index contributed by atoms with van der Waals surface area (Å²) in [5.74, 6) is 0.0660. The maximum Gasteiger partial charge on any atom is 0.264 e. The zero-order chi connectivity index (χ0) is 24.1. The van der Waals surface area contributed by atoms with Crippen molar-refractivity contribution in [1.29, 1.82) is 0 Å². The van der Waals surface area contributed by atoms with Crippen LogP contribution in [0.15, 0.2) is 54.6 Å². The highest BCUT2D eigenvalue weighted by molar-refractivity contribution is 7.92. The number of aliphatic hydroxyl groups is 1. The normalized spacial score (nSPS) is 20.6. The van der Waals surface area contributed by atoms with Crippen LogP contribution in [0.4, 0.5) is 0 Å². The second kappa shape index (κ2) is 10.6.